The Balaban J connectivity index is 1.23. The lowest BCUT2D eigenvalue weighted by atomic mass is 9.65. The second-order valence-corrected chi connectivity index (χ2v) is 10.1. The molecule has 4 rings (SSSR count). The van der Waals surface area contributed by atoms with Gasteiger partial charge in [0.25, 0.3) is 0 Å². The van der Waals surface area contributed by atoms with Crippen molar-refractivity contribution in [1.29, 1.82) is 0 Å². The molecule has 150 valence electrons. The Bertz CT molecular complexity index is 435. The highest BCUT2D eigenvalue weighted by molar-refractivity contribution is 4.94. The summed E-state index contributed by atoms with van der Waals surface area (Å²) in [6.07, 6.45) is 11.1. The Labute approximate surface area is 158 Å². The summed E-state index contributed by atoms with van der Waals surface area (Å²) in [5.74, 6) is 3.65. The van der Waals surface area contributed by atoms with Gasteiger partial charge in [0.05, 0.1) is 6.10 Å². The SMILES string of the molecule is CC1CCC(C2CCC(C3CCC(OCC4CC4)C(F)C3F)CC2)CC1. The lowest BCUT2D eigenvalue weighted by molar-refractivity contribution is -0.0903. The van der Waals surface area contributed by atoms with Crippen LogP contribution in [0.15, 0.2) is 0 Å². The van der Waals surface area contributed by atoms with E-state index in [1.165, 1.54) is 51.4 Å². The summed E-state index contributed by atoms with van der Waals surface area (Å²) >= 11 is 0. The van der Waals surface area contributed by atoms with E-state index in [0.29, 0.717) is 18.4 Å². The van der Waals surface area contributed by atoms with E-state index in [1.807, 2.05) is 0 Å². The van der Waals surface area contributed by atoms with E-state index in [-0.39, 0.29) is 5.92 Å². The van der Waals surface area contributed by atoms with Crippen molar-refractivity contribution in [2.75, 3.05) is 6.61 Å². The van der Waals surface area contributed by atoms with Crippen molar-refractivity contribution >= 4 is 0 Å². The van der Waals surface area contributed by atoms with Crippen LogP contribution in [0, 0.1) is 35.5 Å². The molecule has 4 fully saturated rings. The fourth-order valence-corrected chi connectivity index (χ4v) is 6.13. The highest BCUT2D eigenvalue weighted by atomic mass is 19.2. The molecule has 4 aliphatic carbocycles. The van der Waals surface area contributed by atoms with E-state index in [9.17, 15) is 8.78 Å². The Kier molecular flexibility index (Phi) is 6.22. The molecule has 1 nitrogen and oxygen atoms in total. The maximum Gasteiger partial charge on any atom is 0.157 e. The van der Waals surface area contributed by atoms with Crippen LogP contribution in [-0.2, 0) is 4.74 Å². The van der Waals surface area contributed by atoms with Gasteiger partial charge in [0.2, 0.25) is 0 Å². The first-order valence-corrected chi connectivity index (χ1v) is 11.5. The standard InChI is InChI=1S/C23H38F2O/c1-15-2-6-17(7-3-15)18-8-10-19(11-9-18)20-12-13-21(23(25)22(20)24)26-14-16-4-5-16/h15-23H,2-14H2,1H3. The van der Waals surface area contributed by atoms with Crippen LogP contribution in [-0.4, -0.2) is 25.1 Å². The molecule has 0 aromatic rings. The van der Waals surface area contributed by atoms with Gasteiger partial charge in [0, 0.05) is 6.61 Å². The number of ether oxygens (including phenoxy) is 1. The first kappa shape index (κ1) is 19.2. The fourth-order valence-electron chi connectivity index (χ4n) is 6.13. The summed E-state index contributed by atoms with van der Waals surface area (Å²) in [6.45, 7) is 3.03. The largest absolute Gasteiger partial charge is 0.375 e. The van der Waals surface area contributed by atoms with Crippen molar-refractivity contribution in [3.8, 4) is 0 Å². The zero-order chi connectivity index (χ0) is 18.1. The molecule has 26 heavy (non-hydrogen) atoms. The van der Waals surface area contributed by atoms with Gasteiger partial charge < -0.3 is 4.74 Å². The van der Waals surface area contributed by atoms with Crippen molar-refractivity contribution < 1.29 is 13.5 Å². The molecule has 4 unspecified atom stereocenters. The summed E-state index contributed by atoms with van der Waals surface area (Å²) in [4.78, 5) is 0. The second kappa shape index (κ2) is 8.45. The van der Waals surface area contributed by atoms with E-state index in [0.717, 1.165) is 43.4 Å². The molecule has 4 atom stereocenters. The van der Waals surface area contributed by atoms with Gasteiger partial charge in [-0.25, -0.2) is 8.78 Å². The van der Waals surface area contributed by atoms with Crippen LogP contribution < -0.4 is 0 Å². The van der Waals surface area contributed by atoms with E-state index in [2.05, 4.69) is 6.92 Å². The number of hydrogen-bond donors (Lipinski definition) is 0. The molecular formula is C23H38F2O. The van der Waals surface area contributed by atoms with Gasteiger partial charge in [-0.3, -0.25) is 0 Å². The predicted octanol–water partition coefficient (Wildman–Crippen LogP) is 6.50. The van der Waals surface area contributed by atoms with E-state index in [1.54, 1.807) is 0 Å². The minimum Gasteiger partial charge on any atom is -0.375 e. The van der Waals surface area contributed by atoms with E-state index < -0.39 is 18.4 Å². The monoisotopic (exact) mass is 368 g/mol. The average Bonchev–Trinajstić information content (AvgIpc) is 3.48. The molecule has 0 saturated heterocycles. The third-order valence-corrected chi connectivity index (χ3v) is 8.25. The van der Waals surface area contributed by atoms with E-state index >= 15 is 0 Å². The van der Waals surface area contributed by atoms with Gasteiger partial charge in [0.15, 0.2) is 6.17 Å². The van der Waals surface area contributed by atoms with Crippen LogP contribution >= 0.6 is 0 Å². The van der Waals surface area contributed by atoms with Crippen molar-refractivity contribution in [3.05, 3.63) is 0 Å². The fraction of sp³-hybridized carbons (Fsp3) is 1.00. The van der Waals surface area contributed by atoms with Crippen LogP contribution in [0.5, 0.6) is 0 Å². The van der Waals surface area contributed by atoms with Crippen molar-refractivity contribution in [3.63, 3.8) is 0 Å². The molecular weight excluding hydrogens is 330 g/mol. The number of alkyl halides is 2. The highest BCUT2D eigenvalue weighted by Gasteiger charge is 2.45. The molecule has 0 N–H and O–H groups in total. The lowest BCUT2D eigenvalue weighted by Crippen LogP contribution is -2.46. The summed E-state index contributed by atoms with van der Waals surface area (Å²) in [5.41, 5.74) is 0. The van der Waals surface area contributed by atoms with Gasteiger partial charge in [0.1, 0.15) is 6.17 Å². The van der Waals surface area contributed by atoms with Crippen LogP contribution in [0.4, 0.5) is 8.78 Å². The third-order valence-electron chi connectivity index (χ3n) is 8.25. The third kappa shape index (κ3) is 4.45. The summed E-state index contributed by atoms with van der Waals surface area (Å²) < 4.78 is 35.2. The summed E-state index contributed by atoms with van der Waals surface area (Å²) in [5, 5.41) is 0. The van der Waals surface area contributed by atoms with Crippen molar-refractivity contribution in [2.24, 2.45) is 35.5 Å². The molecule has 0 heterocycles. The Morgan fingerprint density at radius 2 is 1.23 bits per heavy atom. The molecule has 0 aromatic heterocycles. The van der Waals surface area contributed by atoms with Crippen LogP contribution in [0.1, 0.15) is 84.0 Å². The molecule has 0 spiro atoms. The second-order valence-electron chi connectivity index (χ2n) is 10.1. The predicted molar refractivity (Wildman–Crippen MR) is 102 cm³/mol. The molecule has 4 saturated carbocycles. The topological polar surface area (TPSA) is 9.23 Å². The number of hydrogen-bond acceptors (Lipinski definition) is 1. The Morgan fingerprint density at radius 1 is 0.654 bits per heavy atom. The smallest absolute Gasteiger partial charge is 0.157 e. The maximum atomic E-state index is 14.9. The Hall–Kier alpha value is -0.180. The number of halogens is 2. The quantitative estimate of drug-likeness (QED) is 0.538. The first-order valence-electron chi connectivity index (χ1n) is 11.5. The van der Waals surface area contributed by atoms with E-state index in [4.69, 9.17) is 4.74 Å². The first-order chi connectivity index (χ1) is 12.6. The minimum absolute atomic E-state index is 0.0573. The lowest BCUT2D eigenvalue weighted by Gasteiger charge is -2.43. The normalized spacial score (nSPS) is 47.7. The van der Waals surface area contributed by atoms with Crippen LogP contribution in [0.2, 0.25) is 0 Å². The zero-order valence-corrected chi connectivity index (χ0v) is 16.6. The highest BCUT2D eigenvalue weighted by Crippen LogP contribution is 2.46. The van der Waals surface area contributed by atoms with Gasteiger partial charge in [-0.05, 0) is 99.7 Å². The van der Waals surface area contributed by atoms with Crippen molar-refractivity contribution in [2.45, 2.75) is 102 Å². The van der Waals surface area contributed by atoms with Crippen LogP contribution in [0.3, 0.4) is 0 Å². The number of rotatable bonds is 5. The van der Waals surface area contributed by atoms with Crippen molar-refractivity contribution in [1.82, 2.24) is 0 Å². The molecule has 4 aliphatic rings. The minimum atomic E-state index is -1.40. The molecule has 0 aliphatic heterocycles. The molecule has 0 radical (unpaired) electrons. The molecule has 3 heteroatoms. The molecule has 0 bridgehead atoms. The van der Waals surface area contributed by atoms with Gasteiger partial charge in [-0.15, -0.1) is 0 Å². The zero-order valence-electron chi connectivity index (χ0n) is 16.6. The van der Waals surface area contributed by atoms with Crippen LogP contribution in [0.25, 0.3) is 0 Å². The van der Waals surface area contributed by atoms with Gasteiger partial charge >= 0.3 is 0 Å². The molecule has 0 amide bonds. The summed E-state index contributed by atoms with van der Waals surface area (Å²) in [6, 6.07) is 0. The summed E-state index contributed by atoms with van der Waals surface area (Å²) in [7, 11) is 0. The molecule has 0 aromatic carbocycles. The maximum absolute atomic E-state index is 14.9. The van der Waals surface area contributed by atoms with Gasteiger partial charge in [-0.2, -0.15) is 0 Å². The van der Waals surface area contributed by atoms with Gasteiger partial charge in [-0.1, -0.05) is 19.8 Å². The Morgan fingerprint density at radius 3 is 1.85 bits per heavy atom. The average molecular weight is 369 g/mol.